The van der Waals surface area contributed by atoms with Gasteiger partial charge in [-0.1, -0.05) is 18.6 Å². The van der Waals surface area contributed by atoms with E-state index in [1.54, 1.807) is 0 Å². The second-order valence-corrected chi connectivity index (χ2v) is 7.73. The predicted octanol–water partition coefficient (Wildman–Crippen LogP) is 3.70. The van der Waals surface area contributed by atoms with E-state index in [1.165, 1.54) is 12.0 Å². The van der Waals surface area contributed by atoms with Crippen molar-refractivity contribution in [3.8, 4) is 0 Å². The van der Waals surface area contributed by atoms with Crippen molar-refractivity contribution in [1.82, 2.24) is 0 Å². The van der Waals surface area contributed by atoms with Gasteiger partial charge in [0.05, 0.1) is 0 Å². The summed E-state index contributed by atoms with van der Waals surface area (Å²) in [4.78, 5) is 23.9. The molecule has 0 bridgehead atoms. The zero-order valence-electron chi connectivity index (χ0n) is 12.4. The zero-order chi connectivity index (χ0) is 13.9. The van der Waals surface area contributed by atoms with Crippen molar-refractivity contribution in [2.75, 3.05) is 0 Å². The minimum Gasteiger partial charge on any atom is -0.299 e. The molecule has 0 radical (unpaired) electrons. The molecule has 108 valence electrons. The lowest BCUT2D eigenvalue weighted by Gasteiger charge is -2.51. The molecule has 2 nitrogen and oxygen atoms in total. The van der Waals surface area contributed by atoms with Gasteiger partial charge in [0.2, 0.25) is 0 Å². The number of rotatable bonds is 0. The molecule has 4 aliphatic rings. The van der Waals surface area contributed by atoms with Crippen LogP contribution in [0.15, 0.2) is 11.6 Å². The first-order chi connectivity index (χ1) is 9.59. The van der Waals surface area contributed by atoms with Crippen molar-refractivity contribution >= 4 is 11.6 Å². The van der Waals surface area contributed by atoms with Crippen LogP contribution in [0.4, 0.5) is 0 Å². The summed E-state index contributed by atoms with van der Waals surface area (Å²) in [6.45, 7) is 2.23. The number of fused-ring (bicyclic) bond motifs is 5. The lowest BCUT2D eigenvalue weighted by molar-refractivity contribution is -0.130. The molecule has 5 atom stereocenters. The standard InChI is InChI=1S/C18H24O2/c1-18-9-8-14-13-5-3-12(19)10-11(13)2-4-15(14)16(18)6-7-17(18)20/h2,13-16H,3-10H2,1H3. The number of carbonyl (C=O) groups is 2. The van der Waals surface area contributed by atoms with Crippen LogP contribution >= 0.6 is 0 Å². The van der Waals surface area contributed by atoms with Crippen molar-refractivity contribution in [1.29, 1.82) is 0 Å². The number of hydrogen-bond acceptors (Lipinski definition) is 2. The van der Waals surface area contributed by atoms with Crippen LogP contribution in [0.5, 0.6) is 0 Å². The second kappa shape index (κ2) is 4.29. The first-order valence-corrected chi connectivity index (χ1v) is 8.33. The van der Waals surface area contributed by atoms with Crippen molar-refractivity contribution in [2.24, 2.45) is 29.1 Å². The molecule has 3 fully saturated rings. The third kappa shape index (κ3) is 1.63. The maximum Gasteiger partial charge on any atom is 0.139 e. The first kappa shape index (κ1) is 12.8. The molecule has 2 heteroatoms. The van der Waals surface area contributed by atoms with E-state index in [1.807, 2.05) is 0 Å². The van der Waals surface area contributed by atoms with Crippen molar-refractivity contribution in [3.05, 3.63) is 11.6 Å². The smallest absolute Gasteiger partial charge is 0.139 e. The molecular weight excluding hydrogens is 248 g/mol. The molecule has 0 aliphatic heterocycles. The molecule has 0 saturated heterocycles. The fraction of sp³-hybridized carbons (Fsp3) is 0.778. The Morgan fingerprint density at radius 1 is 1.10 bits per heavy atom. The number of ketones is 2. The summed E-state index contributed by atoms with van der Waals surface area (Å²) in [5.74, 6) is 3.70. The largest absolute Gasteiger partial charge is 0.299 e. The Bertz CT molecular complexity index is 504. The molecular formula is C18H24O2. The van der Waals surface area contributed by atoms with E-state index in [2.05, 4.69) is 13.0 Å². The van der Waals surface area contributed by atoms with E-state index in [4.69, 9.17) is 0 Å². The van der Waals surface area contributed by atoms with Crippen molar-refractivity contribution in [3.63, 3.8) is 0 Å². The SMILES string of the molecule is CC12CCC3C4CCC(=O)CC4=CCC3C1CCC2=O. The fourth-order valence-corrected chi connectivity index (χ4v) is 5.88. The van der Waals surface area contributed by atoms with Crippen LogP contribution < -0.4 is 0 Å². The molecule has 4 rings (SSSR count). The van der Waals surface area contributed by atoms with Gasteiger partial charge in [0, 0.05) is 24.7 Å². The lowest BCUT2D eigenvalue weighted by atomic mass is 9.53. The van der Waals surface area contributed by atoms with E-state index in [9.17, 15) is 9.59 Å². The molecule has 0 aromatic heterocycles. The van der Waals surface area contributed by atoms with Gasteiger partial charge in [-0.05, 0) is 55.8 Å². The average molecular weight is 272 g/mol. The summed E-state index contributed by atoms with van der Waals surface area (Å²) in [6, 6.07) is 0. The van der Waals surface area contributed by atoms with Gasteiger partial charge >= 0.3 is 0 Å². The molecule has 0 N–H and O–H groups in total. The maximum atomic E-state index is 12.3. The molecule has 3 saturated carbocycles. The molecule has 20 heavy (non-hydrogen) atoms. The topological polar surface area (TPSA) is 34.1 Å². The predicted molar refractivity (Wildman–Crippen MR) is 77.1 cm³/mol. The first-order valence-electron chi connectivity index (χ1n) is 8.33. The average Bonchev–Trinajstić information content (AvgIpc) is 2.74. The lowest BCUT2D eigenvalue weighted by Crippen LogP contribution is -2.46. The van der Waals surface area contributed by atoms with Crippen molar-refractivity contribution in [2.45, 2.75) is 58.3 Å². The number of allylic oxidation sites excluding steroid dienone is 2. The molecule has 0 aromatic rings. The van der Waals surface area contributed by atoms with Gasteiger partial charge in [0.25, 0.3) is 0 Å². The van der Waals surface area contributed by atoms with Crippen molar-refractivity contribution < 1.29 is 9.59 Å². The third-order valence-corrected chi connectivity index (χ3v) is 6.98. The van der Waals surface area contributed by atoms with Crippen LogP contribution in [0.2, 0.25) is 0 Å². The van der Waals surface area contributed by atoms with Crippen LogP contribution in [-0.2, 0) is 9.59 Å². The van der Waals surface area contributed by atoms with Crippen LogP contribution in [-0.4, -0.2) is 11.6 Å². The molecule has 4 aliphatic carbocycles. The summed E-state index contributed by atoms with van der Waals surface area (Å²) in [5, 5.41) is 0. The van der Waals surface area contributed by atoms with Gasteiger partial charge in [-0.25, -0.2) is 0 Å². The van der Waals surface area contributed by atoms with Gasteiger partial charge in [0.15, 0.2) is 0 Å². The van der Waals surface area contributed by atoms with E-state index in [0.717, 1.165) is 50.9 Å². The van der Waals surface area contributed by atoms with Gasteiger partial charge in [-0.3, -0.25) is 9.59 Å². The fourth-order valence-electron chi connectivity index (χ4n) is 5.88. The third-order valence-electron chi connectivity index (χ3n) is 6.98. The monoisotopic (exact) mass is 272 g/mol. The van der Waals surface area contributed by atoms with E-state index < -0.39 is 0 Å². The van der Waals surface area contributed by atoms with Gasteiger partial charge in [-0.15, -0.1) is 0 Å². The van der Waals surface area contributed by atoms with E-state index in [0.29, 0.717) is 29.3 Å². The summed E-state index contributed by atoms with van der Waals surface area (Å²) in [5.41, 5.74) is 1.42. The highest BCUT2D eigenvalue weighted by Gasteiger charge is 2.55. The molecule has 0 amide bonds. The van der Waals surface area contributed by atoms with Crippen LogP contribution in [0.1, 0.15) is 58.3 Å². The maximum absolute atomic E-state index is 12.3. The summed E-state index contributed by atoms with van der Waals surface area (Å²) in [6.07, 6.45) is 10.3. The molecule has 0 heterocycles. The molecule has 5 unspecified atom stereocenters. The number of Topliss-reactive ketones (excluding diaryl/α,β-unsaturated/α-hetero) is 2. The Labute approximate surface area is 121 Å². The highest BCUT2D eigenvalue weighted by molar-refractivity contribution is 5.87. The Hall–Kier alpha value is -0.920. The molecule has 0 aromatic carbocycles. The quantitative estimate of drug-likeness (QED) is 0.630. The van der Waals surface area contributed by atoms with Crippen LogP contribution in [0.3, 0.4) is 0 Å². The number of hydrogen-bond donors (Lipinski definition) is 0. The Morgan fingerprint density at radius 2 is 1.95 bits per heavy atom. The summed E-state index contributed by atoms with van der Waals surface area (Å²) >= 11 is 0. The van der Waals surface area contributed by atoms with Crippen LogP contribution in [0.25, 0.3) is 0 Å². The van der Waals surface area contributed by atoms with E-state index in [-0.39, 0.29) is 5.41 Å². The highest BCUT2D eigenvalue weighted by atomic mass is 16.1. The normalized spacial score (nSPS) is 47.4. The Balaban J connectivity index is 1.65. The second-order valence-electron chi connectivity index (χ2n) is 7.73. The minimum absolute atomic E-state index is 0.0169. The van der Waals surface area contributed by atoms with Gasteiger partial charge in [0.1, 0.15) is 11.6 Å². The summed E-state index contributed by atoms with van der Waals surface area (Å²) < 4.78 is 0. The highest BCUT2D eigenvalue weighted by Crippen LogP contribution is 2.59. The Morgan fingerprint density at radius 3 is 2.80 bits per heavy atom. The van der Waals surface area contributed by atoms with Gasteiger partial charge < -0.3 is 0 Å². The van der Waals surface area contributed by atoms with Gasteiger partial charge in [-0.2, -0.15) is 0 Å². The van der Waals surface area contributed by atoms with E-state index >= 15 is 0 Å². The number of carbonyl (C=O) groups excluding carboxylic acids is 2. The zero-order valence-corrected chi connectivity index (χ0v) is 12.4. The Kier molecular flexibility index (Phi) is 2.74. The van der Waals surface area contributed by atoms with Crippen LogP contribution in [0, 0.1) is 29.1 Å². The summed E-state index contributed by atoms with van der Waals surface area (Å²) in [7, 11) is 0. The molecule has 0 spiro atoms. The minimum atomic E-state index is -0.0169.